The fourth-order valence-electron chi connectivity index (χ4n) is 4.94. The first-order valence-electron chi connectivity index (χ1n) is 13.1. The van der Waals surface area contributed by atoms with E-state index in [0.29, 0.717) is 39.6 Å². The van der Waals surface area contributed by atoms with E-state index >= 15 is 0 Å². The number of benzene rings is 4. The Labute approximate surface area is 247 Å². The minimum absolute atomic E-state index is 0.104. The third-order valence-electron chi connectivity index (χ3n) is 6.88. The summed E-state index contributed by atoms with van der Waals surface area (Å²) in [6, 6.07) is 33.2. The molecule has 0 aromatic heterocycles. The van der Waals surface area contributed by atoms with Crippen LogP contribution in [-0.2, 0) is 4.79 Å². The summed E-state index contributed by atoms with van der Waals surface area (Å²) >= 11 is 9.36. The number of nitrogens with zero attached hydrogens (tertiary/aromatic N) is 2. The van der Waals surface area contributed by atoms with Crippen LogP contribution in [-0.4, -0.2) is 54.4 Å². The van der Waals surface area contributed by atoms with E-state index < -0.39 is 0 Å². The van der Waals surface area contributed by atoms with Crippen molar-refractivity contribution in [2.45, 2.75) is 6.04 Å². The van der Waals surface area contributed by atoms with Crippen LogP contribution in [0.4, 0.5) is 5.69 Å². The number of carbonyl (C=O) groups excluding carboxylic acids is 2. The molecule has 0 aliphatic carbocycles. The SMILES string of the molecule is O=C(COc1ccc(Cl)cc1Br)Nc1ccccc1C(=O)N1CCN(C(c2ccccc2)c2ccccc2)CC1. The second-order valence-electron chi connectivity index (χ2n) is 9.51. The zero-order chi connectivity index (χ0) is 27.9. The lowest BCUT2D eigenvalue weighted by Crippen LogP contribution is -2.50. The molecular formula is C32H29BrClN3O3. The Morgan fingerprint density at radius 2 is 1.43 bits per heavy atom. The Balaban J connectivity index is 1.23. The van der Waals surface area contributed by atoms with Gasteiger partial charge >= 0.3 is 0 Å². The van der Waals surface area contributed by atoms with Gasteiger partial charge in [0.1, 0.15) is 5.75 Å². The molecule has 0 radical (unpaired) electrons. The highest BCUT2D eigenvalue weighted by Gasteiger charge is 2.29. The number of hydrogen-bond donors (Lipinski definition) is 1. The third-order valence-corrected chi connectivity index (χ3v) is 7.74. The number of para-hydroxylation sites is 1. The standard InChI is InChI=1S/C32H29BrClN3O3/c33-27-21-25(34)15-16-29(27)40-22-30(38)35-28-14-8-7-13-26(28)32(39)37-19-17-36(18-20-37)31(23-9-3-1-4-10-23)24-11-5-2-6-12-24/h1-16,21,31H,17-20,22H2,(H,35,38). The molecule has 8 heteroatoms. The van der Waals surface area contributed by atoms with Crippen LogP contribution < -0.4 is 10.1 Å². The van der Waals surface area contributed by atoms with Gasteiger partial charge in [-0.1, -0.05) is 84.4 Å². The lowest BCUT2D eigenvalue weighted by molar-refractivity contribution is -0.118. The first-order valence-corrected chi connectivity index (χ1v) is 14.3. The van der Waals surface area contributed by atoms with Gasteiger partial charge in [-0.25, -0.2) is 0 Å². The summed E-state index contributed by atoms with van der Waals surface area (Å²) in [7, 11) is 0. The van der Waals surface area contributed by atoms with Gasteiger partial charge in [-0.3, -0.25) is 14.5 Å². The monoisotopic (exact) mass is 617 g/mol. The normalized spacial score (nSPS) is 13.7. The smallest absolute Gasteiger partial charge is 0.262 e. The highest BCUT2D eigenvalue weighted by atomic mass is 79.9. The molecule has 4 aromatic rings. The Kier molecular flexibility index (Phi) is 9.16. The zero-order valence-corrected chi connectivity index (χ0v) is 24.1. The van der Waals surface area contributed by atoms with Gasteiger partial charge in [0.2, 0.25) is 0 Å². The molecule has 204 valence electrons. The maximum atomic E-state index is 13.6. The minimum atomic E-state index is -0.361. The number of halogens is 2. The molecule has 0 saturated carbocycles. The summed E-state index contributed by atoms with van der Waals surface area (Å²) in [5.41, 5.74) is 3.38. The fraction of sp³-hybridized carbons (Fsp3) is 0.188. The molecule has 1 heterocycles. The quantitative estimate of drug-likeness (QED) is 0.240. The van der Waals surface area contributed by atoms with E-state index in [2.05, 4.69) is 74.7 Å². The number of nitrogens with one attached hydrogen (secondary N) is 1. The van der Waals surface area contributed by atoms with Gasteiger partial charge in [-0.2, -0.15) is 0 Å². The van der Waals surface area contributed by atoms with E-state index in [9.17, 15) is 9.59 Å². The van der Waals surface area contributed by atoms with Crippen LogP contribution in [0.15, 0.2) is 108 Å². The summed E-state index contributed by atoms with van der Waals surface area (Å²) < 4.78 is 6.29. The molecule has 0 unspecified atom stereocenters. The van der Waals surface area contributed by atoms with Crippen molar-refractivity contribution >= 4 is 45.0 Å². The van der Waals surface area contributed by atoms with Crippen molar-refractivity contribution in [2.24, 2.45) is 0 Å². The average molecular weight is 619 g/mol. The highest BCUT2D eigenvalue weighted by molar-refractivity contribution is 9.10. The van der Waals surface area contributed by atoms with Crippen molar-refractivity contribution in [3.63, 3.8) is 0 Å². The van der Waals surface area contributed by atoms with Gasteiger partial charge < -0.3 is 15.0 Å². The average Bonchev–Trinajstić information content (AvgIpc) is 2.98. The molecule has 1 aliphatic heterocycles. The molecule has 1 saturated heterocycles. The second-order valence-corrected chi connectivity index (χ2v) is 10.8. The summed E-state index contributed by atoms with van der Waals surface area (Å²) in [5, 5.41) is 3.40. The molecule has 2 amide bonds. The molecule has 40 heavy (non-hydrogen) atoms. The van der Waals surface area contributed by atoms with Gasteiger partial charge in [0.15, 0.2) is 6.61 Å². The van der Waals surface area contributed by atoms with Crippen LogP contribution in [0.25, 0.3) is 0 Å². The maximum Gasteiger partial charge on any atom is 0.262 e. The van der Waals surface area contributed by atoms with Crippen molar-refractivity contribution in [1.82, 2.24) is 9.80 Å². The highest BCUT2D eigenvalue weighted by Crippen LogP contribution is 2.30. The van der Waals surface area contributed by atoms with Crippen molar-refractivity contribution in [3.05, 3.63) is 129 Å². The van der Waals surface area contributed by atoms with Gasteiger partial charge in [0.05, 0.1) is 21.8 Å². The molecule has 4 aromatic carbocycles. The number of carbonyl (C=O) groups is 2. The van der Waals surface area contributed by atoms with Crippen molar-refractivity contribution in [2.75, 3.05) is 38.1 Å². The zero-order valence-electron chi connectivity index (χ0n) is 21.8. The van der Waals surface area contributed by atoms with E-state index in [1.165, 1.54) is 11.1 Å². The summed E-state index contributed by atoms with van der Waals surface area (Å²) in [6.07, 6.45) is 0. The molecule has 0 bridgehead atoms. The van der Waals surface area contributed by atoms with Crippen molar-refractivity contribution in [3.8, 4) is 5.75 Å². The Morgan fingerprint density at radius 3 is 2.05 bits per heavy atom. The van der Waals surface area contributed by atoms with Crippen LogP contribution in [0.1, 0.15) is 27.5 Å². The first kappa shape index (κ1) is 27.9. The predicted molar refractivity (Wildman–Crippen MR) is 162 cm³/mol. The molecule has 0 spiro atoms. The Hall–Kier alpha value is -3.65. The molecule has 1 aliphatic rings. The summed E-state index contributed by atoms with van der Waals surface area (Å²) in [5.74, 6) is 0.0412. The molecule has 6 nitrogen and oxygen atoms in total. The minimum Gasteiger partial charge on any atom is -0.483 e. The van der Waals surface area contributed by atoms with Crippen molar-refractivity contribution in [1.29, 1.82) is 0 Å². The lowest BCUT2D eigenvalue weighted by atomic mass is 9.96. The number of amides is 2. The topological polar surface area (TPSA) is 61.9 Å². The molecule has 1 N–H and O–H groups in total. The largest absolute Gasteiger partial charge is 0.483 e. The summed E-state index contributed by atoms with van der Waals surface area (Å²) in [4.78, 5) is 30.6. The second kappa shape index (κ2) is 13.1. The van der Waals surface area contributed by atoms with E-state index in [0.717, 1.165) is 13.1 Å². The van der Waals surface area contributed by atoms with E-state index in [4.69, 9.17) is 16.3 Å². The van der Waals surface area contributed by atoms with Crippen LogP contribution in [0.3, 0.4) is 0 Å². The molecule has 1 fully saturated rings. The van der Waals surface area contributed by atoms with E-state index in [-0.39, 0.29) is 24.5 Å². The van der Waals surface area contributed by atoms with Gasteiger partial charge in [-0.15, -0.1) is 0 Å². The number of rotatable bonds is 8. The predicted octanol–water partition coefficient (Wildman–Crippen LogP) is 6.67. The third kappa shape index (κ3) is 6.73. The van der Waals surface area contributed by atoms with Gasteiger partial charge in [0.25, 0.3) is 11.8 Å². The summed E-state index contributed by atoms with van der Waals surface area (Å²) in [6.45, 7) is 2.44. The van der Waals surface area contributed by atoms with Crippen LogP contribution in [0.5, 0.6) is 5.75 Å². The number of piperazine rings is 1. The Bertz CT molecular complexity index is 1420. The van der Waals surface area contributed by atoms with E-state index in [1.807, 2.05) is 17.0 Å². The molecule has 0 atom stereocenters. The molecular weight excluding hydrogens is 590 g/mol. The van der Waals surface area contributed by atoms with Gasteiger partial charge in [0, 0.05) is 31.2 Å². The van der Waals surface area contributed by atoms with Crippen molar-refractivity contribution < 1.29 is 14.3 Å². The van der Waals surface area contributed by atoms with Gasteiger partial charge in [-0.05, 0) is 57.4 Å². The fourth-order valence-corrected chi connectivity index (χ4v) is 5.74. The Morgan fingerprint density at radius 1 is 0.825 bits per heavy atom. The number of anilines is 1. The van der Waals surface area contributed by atoms with Crippen LogP contribution in [0.2, 0.25) is 5.02 Å². The number of hydrogen-bond acceptors (Lipinski definition) is 4. The molecule has 5 rings (SSSR count). The van der Waals surface area contributed by atoms with E-state index in [1.54, 1.807) is 42.5 Å². The maximum absolute atomic E-state index is 13.6. The van der Waals surface area contributed by atoms with Crippen LogP contribution >= 0.6 is 27.5 Å². The first-order chi connectivity index (χ1) is 19.5. The number of ether oxygens (including phenoxy) is 1. The lowest BCUT2D eigenvalue weighted by Gasteiger charge is -2.40. The van der Waals surface area contributed by atoms with Crippen LogP contribution in [0, 0.1) is 0 Å².